The van der Waals surface area contributed by atoms with Gasteiger partial charge in [-0.05, 0) is 48.4 Å². The third-order valence-corrected chi connectivity index (χ3v) is 4.10. The number of benzene rings is 2. The lowest BCUT2D eigenvalue weighted by atomic mass is 9.92. The van der Waals surface area contributed by atoms with Crippen LogP contribution in [0.4, 0.5) is 5.69 Å². The summed E-state index contributed by atoms with van der Waals surface area (Å²) in [5.74, 6) is 1.16. The molecular formula is C21H22N2O. The first kappa shape index (κ1) is 16.1. The molecule has 0 saturated carbocycles. The molecular weight excluding hydrogens is 296 g/mol. The maximum Gasteiger partial charge on any atom is 0.119 e. The van der Waals surface area contributed by atoms with Crippen LogP contribution in [-0.2, 0) is 0 Å². The monoisotopic (exact) mass is 318 g/mol. The first-order valence-electron chi connectivity index (χ1n) is 8.20. The number of ether oxygens (including phenoxy) is 1. The molecule has 1 heterocycles. The molecule has 0 fully saturated rings. The van der Waals surface area contributed by atoms with E-state index in [0.29, 0.717) is 0 Å². The molecule has 24 heavy (non-hydrogen) atoms. The maximum atomic E-state index is 5.19. The summed E-state index contributed by atoms with van der Waals surface area (Å²) in [6.45, 7) is 0.877. The molecule has 0 aliphatic heterocycles. The van der Waals surface area contributed by atoms with Crippen molar-refractivity contribution in [3.8, 4) is 5.75 Å². The summed E-state index contributed by atoms with van der Waals surface area (Å²) in [4.78, 5) is 4.56. The standard InChI is InChI=1S/C21H22N2O/c1-24-19-12-10-18(11-13-19)22-16-14-20(17-7-3-2-4-8-17)21-9-5-6-15-23-21/h2-13,15,20,22H,14,16H2,1H3/t20-/m1/s1. The summed E-state index contributed by atoms with van der Waals surface area (Å²) in [5, 5.41) is 3.48. The minimum Gasteiger partial charge on any atom is -0.497 e. The summed E-state index contributed by atoms with van der Waals surface area (Å²) in [5.41, 5.74) is 3.51. The van der Waals surface area contributed by atoms with E-state index in [-0.39, 0.29) is 5.92 Å². The molecule has 1 atom stereocenters. The molecule has 3 rings (SSSR count). The van der Waals surface area contributed by atoms with Gasteiger partial charge in [-0.15, -0.1) is 0 Å². The summed E-state index contributed by atoms with van der Waals surface area (Å²) in [6, 6.07) is 24.7. The fourth-order valence-corrected chi connectivity index (χ4v) is 2.82. The third-order valence-electron chi connectivity index (χ3n) is 4.10. The van der Waals surface area contributed by atoms with Gasteiger partial charge in [-0.1, -0.05) is 36.4 Å². The van der Waals surface area contributed by atoms with Crippen LogP contribution in [0.2, 0.25) is 0 Å². The number of nitrogens with one attached hydrogen (secondary N) is 1. The Morgan fingerprint density at radius 3 is 2.33 bits per heavy atom. The quantitative estimate of drug-likeness (QED) is 0.684. The van der Waals surface area contributed by atoms with Gasteiger partial charge in [0.1, 0.15) is 5.75 Å². The molecule has 3 aromatic rings. The second-order valence-corrected chi connectivity index (χ2v) is 5.66. The number of aromatic nitrogens is 1. The molecule has 0 radical (unpaired) electrons. The molecule has 122 valence electrons. The predicted octanol–water partition coefficient (Wildman–Crippen LogP) is 4.72. The topological polar surface area (TPSA) is 34.1 Å². The Morgan fingerprint density at radius 2 is 1.67 bits per heavy atom. The largest absolute Gasteiger partial charge is 0.497 e. The van der Waals surface area contributed by atoms with Crippen LogP contribution in [-0.4, -0.2) is 18.6 Å². The summed E-state index contributed by atoms with van der Waals surface area (Å²) in [7, 11) is 1.68. The molecule has 0 amide bonds. The highest BCUT2D eigenvalue weighted by Gasteiger charge is 2.14. The van der Waals surface area contributed by atoms with Crippen LogP contribution in [0.5, 0.6) is 5.75 Å². The Kier molecular flexibility index (Phi) is 5.46. The van der Waals surface area contributed by atoms with E-state index >= 15 is 0 Å². The smallest absolute Gasteiger partial charge is 0.119 e. The maximum absolute atomic E-state index is 5.19. The zero-order chi connectivity index (χ0) is 16.6. The van der Waals surface area contributed by atoms with E-state index in [2.05, 4.69) is 52.8 Å². The Morgan fingerprint density at radius 1 is 0.917 bits per heavy atom. The van der Waals surface area contributed by atoms with E-state index in [1.165, 1.54) is 5.56 Å². The minimum absolute atomic E-state index is 0.290. The minimum atomic E-state index is 0.290. The molecule has 0 unspecified atom stereocenters. The van der Waals surface area contributed by atoms with Gasteiger partial charge in [0, 0.05) is 30.0 Å². The average Bonchev–Trinajstić information content (AvgIpc) is 2.67. The normalized spacial score (nSPS) is 11.7. The van der Waals surface area contributed by atoms with Gasteiger partial charge >= 0.3 is 0 Å². The number of nitrogens with zero attached hydrogens (tertiary/aromatic N) is 1. The van der Waals surface area contributed by atoms with E-state index < -0.39 is 0 Å². The van der Waals surface area contributed by atoms with Crippen LogP contribution < -0.4 is 10.1 Å². The molecule has 0 bridgehead atoms. The van der Waals surface area contributed by atoms with Gasteiger partial charge in [-0.2, -0.15) is 0 Å². The van der Waals surface area contributed by atoms with Crippen LogP contribution in [0.15, 0.2) is 79.0 Å². The zero-order valence-corrected chi connectivity index (χ0v) is 13.9. The van der Waals surface area contributed by atoms with Crippen molar-refractivity contribution in [2.24, 2.45) is 0 Å². The lowest BCUT2D eigenvalue weighted by molar-refractivity contribution is 0.415. The first-order valence-corrected chi connectivity index (χ1v) is 8.20. The number of anilines is 1. The Balaban J connectivity index is 1.68. The van der Waals surface area contributed by atoms with E-state index in [1.54, 1.807) is 7.11 Å². The molecule has 0 spiro atoms. The lowest BCUT2D eigenvalue weighted by Crippen LogP contribution is -2.10. The van der Waals surface area contributed by atoms with Crippen molar-refractivity contribution < 1.29 is 4.74 Å². The fourth-order valence-electron chi connectivity index (χ4n) is 2.82. The van der Waals surface area contributed by atoms with Gasteiger partial charge in [0.15, 0.2) is 0 Å². The van der Waals surface area contributed by atoms with Gasteiger partial charge < -0.3 is 10.1 Å². The number of hydrogen-bond donors (Lipinski definition) is 1. The second kappa shape index (κ2) is 8.16. The SMILES string of the molecule is COc1ccc(NCC[C@H](c2ccccc2)c2ccccn2)cc1. The molecule has 0 aliphatic carbocycles. The van der Waals surface area contributed by atoms with Gasteiger partial charge in [0.25, 0.3) is 0 Å². The van der Waals surface area contributed by atoms with E-state index in [1.807, 2.05) is 36.5 Å². The highest BCUT2D eigenvalue weighted by atomic mass is 16.5. The highest BCUT2D eigenvalue weighted by molar-refractivity contribution is 5.46. The Labute approximate surface area is 143 Å². The van der Waals surface area contributed by atoms with E-state index in [0.717, 1.165) is 30.1 Å². The van der Waals surface area contributed by atoms with Crippen molar-refractivity contribution in [1.29, 1.82) is 0 Å². The Bertz CT molecular complexity index is 687. The first-order chi connectivity index (χ1) is 11.9. The molecule has 0 saturated heterocycles. The van der Waals surface area contributed by atoms with Gasteiger partial charge in [-0.3, -0.25) is 4.98 Å². The second-order valence-electron chi connectivity index (χ2n) is 5.66. The van der Waals surface area contributed by atoms with Crippen molar-refractivity contribution in [3.63, 3.8) is 0 Å². The van der Waals surface area contributed by atoms with Crippen LogP contribution >= 0.6 is 0 Å². The predicted molar refractivity (Wildman–Crippen MR) is 98.6 cm³/mol. The van der Waals surface area contributed by atoms with Crippen LogP contribution in [0.3, 0.4) is 0 Å². The molecule has 3 heteroatoms. The molecule has 1 aromatic heterocycles. The highest BCUT2D eigenvalue weighted by Crippen LogP contribution is 2.26. The summed E-state index contributed by atoms with van der Waals surface area (Å²) in [6.07, 6.45) is 2.84. The number of pyridine rings is 1. The summed E-state index contributed by atoms with van der Waals surface area (Å²) >= 11 is 0. The summed E-state index contributed by atoms with van der Waals surface area (Å²) < 4.78 is 5.19. The molecule has 1 N–H and O–H groups in total. The number of hydrogen-bond acceptors (Lipinski definition) is 3. The third kappa shape index (κ3) is 4.13. The fraction of sp³-hybridized carbons (Fsp3) is 0.190. The molecule has 0 aliphatic rings. The van der Waals surface area contributed by atoms with Crippen LogP contribution in [0.1, 0.15) is 23.6 Å². The van der Waals surface area contributed by atoms with E-state index in [4.69, 9.17) is 4.74 Å². The van der Waals surface area contributed by atoms with Crippen molar-refractivity contribution in [2.75, 3.05) is 19.0 Å². The number of methoxy groups -OCH3 is 1. The van der Waals surface area contributed by atoms with Crippen LogP contribution in [0.25, 0.3) is 0 Å². The molecule has 2 aromatic carbocycles. The van der Waals surface area contributed by atoms with Gasteiger partial charge in [0.2, 0.25) is 0 Å². The van der Waals surface area contributed by atoms with Crippen molar-refractivity contribution >= 4 is 5.69 Å². The molecule has 3 nitrogen and oxygen atoms in total. The Hall–Kier alpha value is -2.81. The number of rotatable bonds is 7. The van der Waals surface area contributed by atoms with Gasteiger partial charge in [0.05, 0.1) is 7.11 Å². The van der Waals surface area contributed by atoms with Crippen molar-refractivity contribution in [1.82, 2.24) is 4.98 Å². The van der Waals surface area contributed by atoms with Crippen molar-refractivity contribution in [2.45, 2.75) is 12.3 Å². The lowest BCUT2D eigenvalue weighted by Gasteiger charge is -2.18. The van der Waals surface area contributed by atoms with Crippen LogP contribution in [0, 0.1) is 0 Å². The zero-order valence-electron chi connectivity index (χ0n) is 13.9. The van der Waals surface area contributed by atoms with Crippen molar-refractivity contribution in [3.05, 3.63) is 90.3 Å². The average molecular weight is 318 g/mol. The van der Waals surface area contributed by atoms with Gasteiger partial charge in [-0.25, -0.2) is 0 Å². The van der Waals surface area contributed by atoms with E-state index in [9.17, 15) is 0 Å².